The molecule has 0 atom stereocenters. The number of aromatic nitrogens is 2. The molecular weight excluding hydrogens is 288 g/mol. The molecule has 1 aromatic carbocycles. The van der Waals surface area contributed by atoms with Gasteiger partial charge in [0.15, 0.2) is 5.76 Å². The van der Waals surface area contributed by atoms with E-state index in [2.05, 4.69) is 28.5 Å². The van der Waals surface area contributed by atoms with Gasteiger partial charge in [-0.2, -0.15) is 5.10 Å². The Kier molecular flexibility index (Phi) is 3.96. The van der Waals surface area contributed by atoms with Crippen LogP contribution in [0.4, 0.5) is 0 Å². The van der Waals surface area contributed by atoms with Gasteiger partial charge >= 0.3 is 0 Å². The van der Waals surface area contributed by atoms with Gasteiger partial charge in [-0.15, -0.1) is 0 Å². The predicted molar refractivity (Wildman–Crippen MR) is 89.4 cm³/mol. The molecule has 0 saturated carbocycles. The van der Waals surface area contributed by atoms with Crippen molar-refractivity contribution in [2.45, 2.75) is 6.54 Å². The first-order valence-electron chi connectivity index (χ1n) is 8.01. The van der Waals surface area contributed by atoms with Crippen LogP contribution >= 0.6 is 0 Å². The normalized spacial score (nSPS) is 15.8. The van der Waals surface area contributed by atoms with Crippen LogP contribution in [0, 0.1) is 0 Å². The number of rotatable bonds is 4. The van der Waals surface area contributed by atoms with E-state index in [1.807, 2.05) is 35.0 Å². The highest BCUT2D eigenvalue weighted by Gasteiger charge is 2.18. The van der Waals surface area contributed by atoms with Crippen LogP contribution in [-0.4, -0.2) is 40.9 Å². The lowest BCUT2D eigenvalue weighted by Gasteiger charge is -2.26. The van der Waals surface area contributed by atoms with Gasteiger partial charge in [0, 0.05) is 44.5 Å². The minimum atomic E-state index is 0.824. The fourth-order valence-corrected chi connectivity index (χ4v) is 2.97. The van der Waals surface area contributed by atoms with Crippen LogP contribution in [0.15, 0.2) is 59.3 Å². The summed E-state index contributed by atoms with van der Waals surface area (Å²) < 4.78 is 7.53. The summed E-state index contributed by atoms with van der Waals surface area (Å²) in [6.07, 6.45) is 3.82. The minimum Gasteiger partial charge on any atom is -0.463 e. The van der Waals surface area contributed by atoms with Crippen molar-refractivity contribution < 1.29 is 4.42 Å². The zero-order chi connectivity index (χ0) is 15.5. The first-order chi connectivity index (χ1) is 11.4. The smallest absolute Gasteiger partial charge is 0.154 e. The van der Waals surface area contributed by atoms with Crippen molar-refractivity contribution in [1.82, 2.24) is 20.0 Å². The van der Waals surface area contributed by atoms with E-state index in [1.165, 1.54) is 5.56 Å². The monoisotopic (exact) mass is 308 g/mol. The van der Waals surface area contributed by atoms with Crippen LogP contribution in [0.1, 0.15) is 5.56 Å². The Balaban J connectivity index is 1.69. The van der Waals surface area contributed by atoms with E-state index in [0.717, 1.165) is 49.9 Å². The summed E-state index contributed by atoms with van der Waals surface area (Å²) in [7, 11) is 0. The highest BCUT2D eigenvalue weighted by molar-refractivity contribution is 5.57. The third-order valence-electron chi connectivity index (χ3n) is 4.17. The lowest BCUT2D eigenvalue weighted by Crippen LogP contribution is -2.42. The molecule has 0 spiro atoms. The van der Waals surface area contributed by atoms with Gasteiger partial charge < -0.3 is 9.73 Å². The maximum atomic E-state index is 5.59. The number of para-hydroxylation sites is 1. The Morgan fingerprint density at radius 1 is 1.04 bits per heavy atom. The SMILES string of the molecule is c1ccc(-n2cc(CN3CCNCC3)c(-c3ccco3)n2)cc1. The molecule has 0 amide bonds. The van der Waals surface area contributed by atoms with E-state index in [-0.39, 0.29) is 0 Å². The summed E-state index contributed by atoms with van der Waals surface area (Å²) in [5.74, 6) is 0.824. The zero-order valence-electron chi connectivity index (χ0n) is 13.0. The van der Waals surface area contributed by atoms with Gasteiger partial charge in [-0.1, -0.05) is 18.2 Å². The Bertz CT molecular complexity index is 743. The molecular formula is C18H20N4O. The van der Waals surface area contributed by atoms with Crippen LogP contribution in [0.25, 0.3) is 17.1 Å². The Labute approximate surface area is 135 Å². The van der Waals surface area contributed by atoms with Crippen LogP contribution < -0.4 is 5.32 Å². The average molecular weight is 308 g/mol. The van der Waals surface area contributed by atoms with Crippen LogP contribution in [0.3, 0.4) is 0 Å². The highest BCUT2D eigenvalue weighted by Crippen LogP contribution is 2.25. The first kappa shape index (κ1) is 14.2. The molecule has 1 aliphatic heterocycles. The van der Waals surface area contributed by atoms with E-state index < -0.39 is 0 Å². The van der Waals surface area contributed by atoms with Gasteiger partial charge in [-0.05, 0) is 24.3 Å². The topological polar surface area (TPSA) is 46.2 Å². The molecule has 1 saturated heterocycles. The Hall–Kier alpha value is -2.37. The van der Waals surface area contributed by atoms with Gasteiger partial charge in [0.1, 0.15) is 5.69 Å². The van der Waals surface area contributed by atoms with Crippen molar-refractivity contribution >= 4 is 0 Å². The summed E-state index contributed by atoms with van der Waals surface area (Å²) in [5, 5.41) is 8.16. The average Bonchev–Trinajstić information content (AvgIpc) is 3.26. The van der Waals surface area contributed by atoms with Gasteiger partial charge in [0.25, 0.3) is 0 Å². The second-order valence-corrected chi connectivity index (χ2v) is 5.79. The van der Waals surface area contributed by atoms with E-state index in [9.17, 15) is 0 Å². The van der Waals surface area contributed by atoms with Crippen LogP contribution in [0.2, 0.25) is 0 Å². The van der Waals surface area contributed by atoms with E-state index in [0.29, 0.717) is 0 Å². The minimum absolute atomic E-state index is 0.824. The summed E-state index contributed by atoms with van der Waals surface area (Å²) in [6, 6.07) is 14.1. The summed E-state index contributed by atoms with van der Waals surface area (Å²) in [5.41, 5.74) is 3.19. The Morgan fingerprint density at radius 3 is 2.61 bits per heavy atom. The molecule has 0 unspecified atom stereocenters. The third-order valence-corrected chi connectivity index (χ3v) is 4.17. The number of hydrogen-bond donors (Lipinski definition) is 1. The highest BCUT2D eigenvalue weighted by atomic mass is 16.3. The quantitative estimate of drug-likeness (QED) is 0.804. The molecule has 0 bridgehead atoms. The summed E-state index contributed by atoms with van der Waals surface area (Å²) in [4.78, 5) is 2.45. The second kappa shape index (κ2) is 6.40. The molecule has 1 aliphatic rings. The van der Waals surface area contributed by atoms with Crippen molar-refractivity contribution in [2.75, 3.05) is 26.2 Å². The number of benzene rings is 1. The lowest BCUT2D eigenvalue weighted by molar-refractivity contribution is 0.233. The van der Waals surface area contributed by atoms with Gasteiger partial charge in [-0.25, -0.2) is 4.68 Å². The third kappa shape index (κ3) is 3.06. The summed E-state index contributed by atoms with van der Waals surface area (Å²) in [6.45, 7) is 5.11. The number of piperazine rings is 1. The molecule has 5 heteroatoms. The van der Waals surface area contributed by atoms with Crippen molar-refractivity contribution in [3.8, 4) is 17.1 Å². The molecule has 5 nitrogen and oxygen atoms in total. The molecule has 1 N–H and O–H groups in total. The molecule has 2 aromatic heterocycles. The number of nitrogens with zero attached hydrogens (tertiary/aromatic N) is 3. The van der Waals surface area contributed by atoms with E-state index in [1.54, 1.807) is 6.26 Å². The van der Waals surface area contributed by atoms with Crippen molar-refractivity contribution in [3.05, 3.63) is 60.5 Å². The molecule has 118 valence electrons. The number of hydrogen-bond acceptors (Lipinski definition) is 4. The second-order valence-electron chi connectivity index (χ2n) is 5.79. The number of furan rings is 1. The molecule has 3 heterocycles. The first-order valence-corrected chi connectivity index (χ1v) is 8.01. The van der Waals surface area contributed by atoms with Crippen LogP contribution in [0.5, 0.6) is 0 Å². The van der Waals surface area contributed by atoms with Crippen molar-refractivity contribution in [2.24, 2.45) is 0 Å². The van der Waals surface area contributed by atoms with E-state index >= 15 is 0 Å². The van der Waals surface area contributed by atoms with Gasteiger partial charge in [0.2, 0.25) is 0 Å². The van der Waals surface area contributed by atoms with Crippen molar-refractivity contribution in [3.63, 3.8) is 0 Å². The maximum absolute atomic E-state index is 5.59. The molecule has 1 fully saturated rings. The molecule has 3 aromatic rings. The fraction of sp³-hybridized carbons (Fsp3) is 0.278. The molecule has 0 aliphatic carbocycles. The van der Waals surface area contributed by atoms with Gasteiger partial charge in [-0.3, -0.25) is 4.90 Å². The fourth-order valence-electron chi connectivity index (χ4n) is 2.97. The molecule has 23 heavy (non-hydrogen) atoms. The van der Waals surface area contributed by atoms with Crippen LogP contribution in [-0.2, 0) is 6.54 Å². The number of nitrogens with one attached hydrogen (secondary N) is 1. The molecule has 0 radical (unpaired) electrons. The maximum Gasteiger partial charge on any atom is 0.154 e. The van der Waals surface area contributed by atoms with E-state index in [4.69, 9.17) is 9.52 Å². The predicted octanol–water partition coefficient (Wildman–Crippen LogP) is 2.54. The standard InChI is InChI=1S/C18H20N4O/c1-2-5-16(6-3-1)22-14-15(13-21-10-8-19-9-11-21)18(20-22)17-7-4-12-23-17/h1-7,12,14,19H,8-11,13H2. The lowest BCUT2D eigenvalue weighted by atomic mass is 10.2. The molecule has 4 rings (SSSR count). The van der Waals surface area contributed by atoms with Crippen molar-refractivity contribution in [1.29, 1.82) is 0 Å². The Morgan fingerprint density at radius 2 is 1.87 bits per heavy atom. The zero-order valence-corrected chi connectivity index (χ0v) is 13.0. The largest absolute Gasteiger partial charge is 0.463 e. The summed E-state index contributed by atoms with van der Waals surface area (Å²) >= 11 is 0. The van der Waals surface area contributed by atoms with Gasteiger partial charge in [0.05, 0.1) is 12.0 Å².